The van der Waals surface area contributed by atoms with Crippen LogP contribution >= 0.6 is 0 Å². The van der Waals surface area contributed by atoms with Crippen LogP contribution in [0.15, 0.2) is 72.9 Å². The molecular formula is C25H30N3O2+. The van der Waals surface area contributed by atoms with Gasteiger partial charge in [0.1, 0.15) is 11.8 Å². The zero-order chi connectivity index (χ0) is 20.9. The number of ether oxygens (including phenoxy) is 1. The summed E-state index contributed by atoms with van der Waals surface area (Å²) in [7, 11) is 3.74. The lowest BCUT2D eigenvalue weighted by atomic mass is 9.98. The highest BCUT2D eigenvalue weighted by atomic mass is 16.5. The Morgan fingerprint density at radius 1 is 1.10 bits per heavy atom. The van der Waals surface area contributed by atoms with Crippen molar-refractivity contribution in [2.45, 2.75) is 24.9 Å². The Hall–Kier alpha value is -3.05. The molecule has 2 N–H and O–H groups in total. The van der Waals surface area contributed by atoms with Gasteiger partial charge in [-0.15, -0.1) is 0 Å². The largest absolute Gasteiger partial charge is 0.497 e. The van der Waals surface area contributed by atoms with Crippen LogP contribution in [0.25, 0.3) is 0 Å². The number of likely N-dealkylation sites (tertiary alicyclic amines) is 1. The molecule has 5 heteroatoms. The van der Waals surface area contributed by atoms with Gasteiger partial charge in [-0.2, -0.15) is 0 Å². The Morgan fingerprint density at radius 2 is 1.83 bits per heavy atom. The maximum Gasteiger partial charge on any atom is 0.275 e. The first-order valence-corrected chi connectivity index (χ1v) is 10.6. The molecule has 0 bridgehead atoms. The minimum absolute atomic E-state index is 0.0794. The normalized spacial score (nSPS) is 19.4. The summed E-state index contributed by atoms with van der Waals surface area (Å²) < 4.78 is 7.47. The number of hydrogen-bond acceptors (Lipinski definition) is 2. The average molecular weight is 405 g/mol. The summed E-state index contributed by atoms with van der Waals surface area (Å²) >= 11 is 0. The molecule has 0 aliphatic carbocycles. The molecule has 1 amide bonds. The topological polar surface area (TPSA) is 47.7 Å². The Labute approximate surface area is 178 Å². The van der Waals surface area contributed by atoms with Gasteiger partial charge in [-0.3, -0.25) is 4.79 Å². The fraction of sp³-hybridized carbons (Fsp3) is 0.320. The fourth-order valence-electron chi connectivity index (χ4n) is 4.54. The third-order valence-electron chi connectivity index (χ3n) is 6.10. The van der Waals surface area contributed by atoms with Gasteiger partial charge >= 0.3 is 0 Å². The summed E-state index contributed by atoms with van der Waals surface area (Å²) in [4.78, 5) is 14.5. The first-order valence-electron chi connectivity index (χ1n) is 10.6. The minimum Gasteiger partial charge on any atom is -0.497 e. The summed E-state index contributed by atoms with van der Waals surface area (Å²) in [6.07, 6.45) is 4.36. The minimum atomic E-state index is -0.180. The van der Waals surface area contributed by atoms with Crippen LogP contribution < -0.4 is 15.0 Å². The second kappa shape index (κ2) is 9.18. The first-order chi connectivity index (χ1) is 14.7. The molecule has 30 heavy (non-hydrogen) atoms. The van der Waals surface area contributed by atoms with E-state index in [2.05, 4.69) is 47.4 Å². The fourth-order valence-corrected chi connectivity index (χ4v) is 4.54. The van der Waals surface area contributed by atoms with Crippen LogP contribution in [0.3, 0.4) is 0 Å². The molecular weight excluding hydrogens is 374 g/mol. The van der Waals surface area contributed by atoms with Crippen molar-refractivity contribution in [3.63, 3.8) is 0 Å². The van der Waals surface area contributed by atoms with Crippen molar-refractivity contribution in [1.29, 1.82) is 0 Å². The molecule has 4 rings (SSSR count). The van der Waals surface area contributed by atoms with Crippen molar-refractivity contribution in [1.82, 2.24) is 9.88 Å². The van der Waals surface area contributed by atoms with Crippen LogP contribution in [0.2, 0.25) is 0 Å². The smallest absolute Gasteiger partial charge is 0.275 e. The number of carbonyl (C=O) groups excluding carboxylic acids is 1. The molecule has 0 saturated carbocycles. The second-order valence-corrected chi connectivity index (χ2v) is 8.01. The van der Waals surface area contributed by atoms with E-state index in [0.29, 0.717) is 12.6 Å². The number of methoxy groups -OCH3 is 1. The molecule has 5 nitrogen and oxygen atoms in total. The molecule has 1 unspecified atom stereocenters. The lowest BCUT2D eigenvalue weighted by Gasteiger charge is -2.24. The van der Waals surface area contributed by atoms with E-state index in [0.717, 1.165) is 36.3 Å². The van der Waals surface area contributed by atoms with Crippen molar-refractivity contribution in [3.8, 4) is 5.75 Å². The molecule has 3 atom stereocenters. The molecule has 0 radical (unpaired) electrons. The van der Waals surface area contributed by atoms with Gasteiger partial charge in [0.25, 0.3) is 5.91 Å². The molecule has 2 heterocycles. The zero-order valence-corrected chi connectivity index (χ0v) is 17.7. The monoisotopic (exact) mass is 404 g/mol. The number of amides is 1. The lowest BCUT2D eigenvalue weighted by Crippen LogP contribution is -3.11. The van der Waals surface area contributed by atoms with Crippen molar-refractivity contribution >= 4 is 5.91 Å². The Balaban J connectivity index is 1.51. The number of rotatable bonds is 7. The van der Waals surface area contributed by atoms with Gasteiger partial charge in [-0.1, -0.05) is 42.5 Å². The highest BCUT2D eigenvalue weighted by molar-refractivity contribution is 5.78. The number of aromatic nitrogens is 1. The van der Waals surface area contributed by atoms with E-state index in [1.54, 1.807) is 7.11 Å². The summed E-state index contributed by atoms with van der Waals surface area (Å²) in [6.45, 7) is 1.51. The van der Waals surface area contributed by atoms with E-state index >= 15 is 0 Å². The Morgan fingerprint density at radius 3 is 2.50 bits per heavy atom. The summed E-state index contributed by atoms with van der Waals surface area (Å²) in [5.74, 6) is 0.889. The molecule has 2 aromatic carbocycles. The van der Waals surface area contributed by atoms with E-state index < -0.39 is 0 Å². The quantitative estimate of drug-likeness (QED) is 0.636. The molecule has 1 aliphatic rings. The SMILES string of the molecule is COc1ccc([C@@H](NC(=O)C[NH+]2CCC[C@@H]2c2cccn2C)c2ccccc2)cc1. The van der Waals surface area contributed by atoms with Crippen LogP contribution in [-0.4, -0.2) is 30.7 Å². The van der Waals surface area contributed by atoms with E-state index in [1.807, 2.05) is 42.5 Å². The number of aryl methyl sites for hydroxylation is 1. The Bertz CT molecular complexity index is 966. The van der Waals surface area contributed by atoms with Gasteiger partial charge in [-0.25, -0.2) is 0 Å². The maximum absolute atomic E-state index is 13.1. The van der Waals surface area contributed by atoms with Crippen molar-refractivity contribution in [2.75, 3.05) is 20.2 Å². The van der Waals surface area contributed by atoms with E-state index in [1.165, 1.54) is 10.6 Å². The summed E-state index contributed by atoms with van der Waals surface area (Å²) in [5.41, 5.74) is 3.43. The molecule has 1 aliphatic heterocycles. The second-order valence-electron chi connectivity index (χ2n) is 8.01. The molecule has 3 aromatic rings. The first kappa shape index (κ1) is 20.2. The van der Waals surface area contributed by atoms with Gasteiger partial charge < -0.3 is 19.5 Å². The predicted octanol–water partition coefficient (Wildman–Crippen LogP) is 2.66. The van der Waals surface area contributed by atoms with Crippen LogP contribution in [0.1, 0.15) is 41.7 Å². The standard InChI is InChI=1S/C25H29N3O2/c1-27-16-6-10-22(27)23-11-7-17-28(23)18-24(29)26-25(19-8-4-3-5-9-19)20-12-14-21(30-2)15-13-20/h3-6,8-10,12-16,23,25H,7,11,17-18H2,1-2H3,(H,26,29)/p+1/t23-,25+/m1/s1. The van der Waals surface area contributed by atoms with Gasteiger partial charge in [0.15, 0.2) is 6.54 Å². The third-order valence-corrected chi connectivity index (χ3v) is 6.10. The van der Waals surface area contributed by atoms with Gasteiger partial charge in [0, 0.05) is 26.1 Å². The number of carbonyl (C=O) groups is 1. The number of nitrogens with one attached hydrogen (secondary N) is 2. The molecule has 1 fully saturated rings. The highest BCUT2D eigenvalue weighted by Gasteiger charge is 2.33. The van der Waals surface area contributed by atoms with Gasteiger partial charge in [0.2, 0.25) is 0 Å². The molecule has 0 spiro atoms. The van der Waals surface area contributed by atoms with Crippen molar-refractivity contribution in [2.24, 2.45) is 7.05 Å². The van der Waals surface area contributed by atoms with Gasteiger partial charge in [0.05, 0.1) is 25.4 Å². The van der Waals surface area contributed by atoms with Gasteiger partial charge in [-0.05, 0) is 35.4 Å². The van der Waals surface area contributed by atoms with E-state index in [9.17, 15) is 4.79 Å². The van der Waals surface area contributed by atoms with Crippen LogP contribution in [0.5, 0.6) is 5.75 Å². The van der Waals surface area contributed by atoms with E-state index in [-0.39, 0.29) is 11.9 Å². The van der Waals surface area contributed by atoms with Crippen LogP contribution in [-0.2, 0) is 11.8 Å². The van der Waals surface area contributed by atoms with Crippen molar-refractivity contribution < 1.29 is 14.4 Å². The van der Waals surface area contributed by atoms with Crippen molar-refractivity contribution in [3.05, 3.63) is 89.7 Å². The average Bonchev–Trinajstić information content (AvgIpc) is 3.41. The lowest BCUT2D eigenvalue weighted by molar-refractivity contribution is -0.911. The third kappa shape index (κ3) is 4.41. The van der Waals surface area contributed by atoms with E-state index in [4.69, 9.17) is 4.74 Å². The highest BCUT2D eigenvalue weighted by Crippen LogP contribution is 2.24. The molecule has 156 valence electrons. The summed E-state index contributed by atoms with van der Waals surface area (Å²) in [5, 5.41) is 3.29. The predicted molar refractivity (Wildman–Crippen MR) is 118 cm³/mol. The number of quaternary nitrogens is 1. The molecule has 1 saturated heterocycles. The number of hydrogen-bond donors (Lipinski definition) is 2. The van der Waals surface area contributed by atoms with Crippen LogP contribution in [0, 0.1) is 0 Å². The maximum atomic E-state index is 13.1. The summed E-state index contributed by atoms with van der Waals surface area (Å²) in [6, 6.07) is 22.5. The number of benzene rings is 2. The Kier molecular flexibility index (Phi) is 6.19. The molecule has 1 aromatic heterocycles. The zero-order valence-electron chi connectivity index (χ0n) is 17.7. The number of nitrogens with zero attached hydrogens (tertiary/aromatic N) is 1. The van der Waals surface area contributed by atoms with Crippen LogP contribution in [0.4, 0.5) is 0 Å².